The van der Waals surface area contributed by atoms with E-state index in [1.807, 2.05) is 19.9 Å². The van der Waals surface area contributed by atoms with Crippen molar-refractivity contribution in [3.8, 4) is 17.5 Å². The predicted molar refractivity (Wildman–Crippen MR) is 72.3 cm³/mol. The van der Waals surface area contributed by atoms with E-state index in [4.69, 9.17) is 9.68 Å². The molecule has 100 valence electrons. The Morgan fingerprint density at radius 2 is 2.30 bits per heavy atom. The van der Waals surface area contributed by atoms with E-state index in [-0.39, 0.29) is 11.5 Å². The van der Waals surface area contributed by atoms with Crippen molar-refractivity contribution >= 4 is 5.65 Å². The van der Waals surface area contributed by atoms with Gasteiger partial charge in [0.05, 0.1) is 11.8 Å². The Kier molecular flexibility index (Phi) is 2.68. The maximum Gasteiger partial charge on any atom is 0.276 e. The average Bonchev–Trinajstić information content (AvgIpc) is 3.07. The first-order valence-corrected chi connectivity index (χ1v) is 6.21. The highest BCUT2D eigenvalue weighted by Crippen LogP contribution is 2.26. The molecule has 0 radical (unpaired) electrons. The number of rotatable bonds is 2. The molecule has 0 bridgehead atoms. The summed E-state index contributed by atoms with van der Waals surface area (Å²) in [6.45, 7) is 3.84. The van der Waals surface area contributed by atoms with Crippen molar-refractivity contribution in [2.75, 3.05) is 0 Å². The smallest absolute Gasteiger partial charge is 0.276 e. The molecule has 3 heterocycles. The van der Waals surface area contributed by atoms with Crippen molar-refractivity contribution in [3.63, 3.8) is 0 Å². The summed E-state index contributed by atoms with van der Waals surface area (Å²) in [6, 6.07) is 5.51. The molecule has 20 heavy (non-hydrogen) atoms. The van der Waals surface area contributed by atoms with E-state index in [9.17, 15) is 4.79 Å². The zero-order valence-corrected chi connectivity index (χ0v) is 11.0. The van der Waals surface area contributed by atoms with Crippen LogP contribution in [-0.4, -0.2) is 14.6 Å². The lowest BCUT2D eigenvalue weighted by molar-refractivity contribution is 0.577. The highest BCUT2D eigenvalue weighted by molar-refractivity contribution is 5.64. The molecule has 6 nitrogen and oxygen atoms in total. The van der Waals surface area contributed by atoms with Crippen molar-refractivity contribution in [3.05, 3.63) is 46.1 Å². The van der Waals surface area contributed by atoms with Gasteiger partial charge in [-0.2, -0.15) is 5.26 Å². The minimum Gasteiger partial charge on any atom is -0.463 e. The lowest BCUT2D eigenvalue weighted by atomic mass is 10.0. The molecule has 0 fully saturated rings. The molecule has 0 saturated heterocycles. The van der Waals surface area contributed by atoms with Gasteiger partial charge in [-0.3, -0.25) is 9.89 Å². The van der Waals surface area contributed by atoms with E-state index >= 15 is 0 Å². The Morgan fingerprint density at radius 3 is 2.90 bits per heavy atom. The first-order chi connectivity index (χ1) is 9.63. The lowest BCUT2D eigenvalue weighted by Gasteiger charge is -2.09. The molecule has 6 heteroatoms. The van der Waals surface area contributed by atoms with Gasteiger partial charge < -0.3 is 4.42 Å². The average molecular weight is 268 g/mol. The largest absolute Gasteiger partial charge is 0.463 e. The maximum absolute atomic E-state index is 12.6. The van der Waals surface area contributed by atoms with Crippen molar-refractivity contribution in [1.29, 1.82) is 5.26 Å². The standard InChI is InChI=1S/C14H12N4O2/c1-8(2)11-12(10-4-3-5-20-10)17-13-9(6-15)7-16-18(13)14(11)19/h3-5,7-8,16H,1-2H3. The van der Waals surface area contributed by atoms with Gasteiger partial charge in [-0.25, -0.2) is 9.50 Å². The summed E-state index contributed by atoms with van der Waals surface area (Å²) in [5, 5.41) is 11.8. The molecule has 0 aromatic carbocycles. The number of fused-ring (bicyclic) bond motifs is 1. The number of nitrogens with zero attached hydrogens (tertiary/aromatic N) is 3. The molecular weight excluding hydrogens is 256 g/mol. The number of nitriles is 1. The highest BCUT2D eigenvalue weighted by atomic mass is 16.3. The van der Waals surface area contributed by atoms with Gasteiger partial charge in [0.1, 0.15) is 17.3 Å². The summed E-state index contributed by atoms with van der Waals surface area (Å²) >= 11 is 0. The normalized spacial score (nSPS) is 11.1. The highest BCUT2D eigenvalue weighted by Gasteiger charge is 2.20. The minimum atomic E-state index is -0.210. The van der Waals surface area contributed by atoms with Gasteiger partial charge in [-0.15, -0.1) is 0 Å². The van der Waals surface area contributed by atoms with E-state index in [1.165, 1.54) is 17.0 Å². The van der Waals surface area contributed by atoms with Crippen LogP contribution in [0.2, 0.25) is 0 Å². The third kappa shape index (κ3) is 1.64. The van der Waals surface area contributed by atoms with E-state index in [0.29, 0.717) is 28.2 Å². The fourth-order valence-corrected chi connectivity index (χ4v) is 2.23. The summed E-state index contributed by atoms with van der Waals surface area (Å²) in [5.74, 6) is 0.513. The van der Waals surface area contributed by atoms with Crippen LogP contribution < -0.4 is 5.56 Å². The molecule has 0 amide bonds. The summed E-state index contributed by atoms with van der Waals surface area (Å²) in [4.78, 5) is 17.0. The number of hydrogen-bond donors (Lipinski definition) is 1. The molecule has 1 N–H and O–H groups in total. The lowest BCUT2D eigenvalue weighted by Crippen LogP contribution is -2.22. The summed E-state index contributed by atoms with van der Waals surface area (Å²) in [7, 11) is 0. The number of nitrogens with one attached hydrogen (secondary N) is 1. The molecule has 0 aliphatic carbocycles. The van der Waals surface area contributed by atoms with E-state index in [2.05, 4.69) is 10.1 Å². The topological polar surface area (TPSA) is 87.1 Å². The van der Waals surface area contributed by atoms with E-state index in [0.717, 1.165) is 0 Å². The number of H-pyrrole nitrogens is 1. The second-order valence-corrected chi connectivity index (χ2v) is 4.77. The molecule has 0 aliphatic heterocycles. The molecule has 0 unspecified atom stereocenters. The quantitative estimate of drug-likeness (QED) is 0.772. The van der Waals surface area contributed by atoms with Gasteiger partial charge in [0.2, 0.25) is 0 Å². The van der Waals surface area contributed by atoms with Crippen molar-refractivity contribution in [2.24, 2.45) is 0 Å². The molecule has 3 rings (SSSR count). The van der Waals surface area contributed by atoms with Crippen LogP contribution in [-0.2, 0) is 0 Å². The summed E-state index contributed by atoms with van der Waals surface area (Å²) in [6.07, 6.45) is 3.00. The first kappa shape index (κ1) is 12.2. The second kappa shape index (κ2) is 4.38. The number of aromatic nitrogens is 3. The Hall–Kier alpha value is -2.81. The number of hydrogen-bond acceptors (Lipinski definition) is 4. The third-order valence-corrected chi connectivity index (χ3v) is 3.15. The summed E-state index contributed by atoms with van der Waals surface area (Å²) < 4.78 is 6.65. The van der Waals surface area contributed by atoms with Crippen molar-refractivity contribution in [2.45, 2.75) is 19.8 Å². The fraction of sp³-hybridized carbons (Fsp3) is 0.214. The molecule has 0 aliphatic rings. The van der Waals surface area contributed by atoms with Gasteiger partial charge in [0, 0.05) is 6.20 Å². The fourth-order valence-electron chi connectivity index (χ4n) is 2.23. The molecule has 0 spiro atoms. The van der Waals surface area contributed by atoms with Crippen LogP contribution in [0.3, 0.4) is 0 Å². The monoisotopic (exact) mass is 268 g/mol. The minimum absolute atomic E-state index is 0.0131. The summed E-state index contributed by atoms with van der Waals surface area (Å²) in [5.41, 5.74) is 1.48. The molecule has 0 atom stereocenters. The first-order valence-electron chi connectivity index (χ1n) is 6.21. The van der Waals surface area contributed by atoms with Gasteiger partial charge >= 0.3 is 0 Å². The van der Waals surface area contributed by atoms with Crippen LogP contribution in [0.25, 0.3) is 17.1 Å². The zero-order chi connectivity index (χ0) is 14.3. The third-order valence-electron chi connectivity index (χ3n) is 3.15. The van der Waals surface area contributed by atoms with Gasteiger partial charge in [0.25, 0.3) is 5.56 Å². The van der Waals surface area contributed by atoms with E-state index < -0.39 is 0 Å². The second-order valence-electron chi connectivity index (χ2n) is 4.77. The van der Waals surface area contributed by atoms with Crippen LogP contribution in [0, 0.1) is 11.3 Å². The van der Waals surface area contributed by atoms with Crippen LogP contribution in [0.15, 0.2) is 33.8 Å². The van der Waals surface area contributed by atoms with E-state index in [1.54, 1.807) is 12.1 Å². The van der Waals surface area contributed by atoms with Crippen molar-refractivity contribution < 1.29 is 4.42 Å². The van der Waals surface area contributed by atoms with Crippen LogP contribution in [0.5, 0.6) is 0 Å². The zero-order valence-electron chi connectivity index (χ0n) is 11.0. The number of aromatic amines is 1. The van der Waals surface area contributed by atoms with Gasteiger partial charge in [0.15, 0.2) is 11.4 Å². The molecular formula is C14H12N4O2. The van der Waals surface area contributed by atoms with Crippen molar-refractivity contribution in [1.82, 2.24) is 14.6 Å². The molecule has 3 aromatic heterocycles. The Balaban J connectivity index is 2.46. The Morgan fingerprint density at radius 1 is 1.50 bits per heavy atom. The predicted octanol–water partition coefficient (Wildman–Crippen LogP) is 2.28. The van der Waals surface area contributed by atoms with Crippen LogP contribution >= 0.6 is 0 Å². The molecule has 0 saturated carbocycles. The maximum atomic E-state index is 12.6. The molecule has 3 aromatic rings. The van der Waals surface area contributed by atoms with Gasteiger partial charge in [-0.05, 0) is 18.1 Å². The van der Waals surface area contributed by atoms with Crippen LogP contribution in [0.1, 0.15) is 30.9 Å². The number of furan rings is 1. The van der Waals surface area contributed by atoms with Gasteiger partial charge in [-0.1, -0.05) is 13.8 Å². The SMILES string of the molecule is CC(C)c1c(-c2ccco2)nc2c(C#N)c[nH]n2c1=O. The Labute approximate surface area is 114 Å². The van der Waals surface area contributed by atoms with Crippen LogP contribution in [0.4, 0.5) is 0 Å². The Bertz CT molecular complexity index is 863.